The number of rotatable bonds is 42. The van der Waals surface area contributed by atoms with Crippen molar-refractivity contribution in [3.63, 3.8) is 0 Å². The molecule has 1 aromatic carbocycles. The van der Waals surface area contributed by atoms with Gasteiger partial charge in [0, 0.05) is 73.4 Å². The van der Waals surface area contributed by atoms with Crippen LogP contribution in [0.3, 0.4) is 0 Å². The van der Waals surface area contributed by atoms with Crippen LogP contribution in [0, 0.1) is 29.6 Å². The van der Waals surface area contributed by atoms with Gasteiger partial charge in [-0.1, -0.05) is 113 Å². The van der Waals surface area contributed by atoms with Crippen molar-refractivity contribution in [3.05, 3.63) is 34.9 Å². The summed E-state index contributed by atoms with van der Waals surface area (Å²) in [6.45, 7) is 22.2. The highest BCUT2D eigenvalue weighted by atomic mass is 35.5. The lowest BCUT2D eigenvalue weighted by atomic mass is 9.96. The van der Waals surface area contributed by atoms with Crippen LogP contribution in [-0.4, -0.2) is 268 Å². The number of piperidine rings is 1. The van der Waals surface area contributed by atoms with E-state index in [-0.39, 0.29) is 75.2 Å². The van der Waals surface area contributed by atoms with Crippen molar-refractivity contribution >= 4 is 88.5 Å². The Morgan fingerprint density at radius 3 is 1.55 bits per heavy atom. The van der Waals surface area contributed by atoms with Crippen molar-refractivity contribution in [2.24, 2.45) is 35.3 Å². The second-order valence-corrected chi connectivity index (χ2v) is 30.8. The molecule has 0 saturated carbocycles. The summed E-state index contributed by atoms with van der Waals surface area (Å²) in [6.07, 6.45) is 4.88. The molecule has 3 rings (SSSR count). The summed E-state index contributed by atoms with van der Waals surface area (Å²) in [5, 5.41) is 31.4. The number of carboxylic acids is 1. The molecule has 12 amide bonds. The van der Waals surface area contributed by atoms with E-state index in [0.717, 1.165) is 6.42 Å². The average molecular weight is 1490 g/mol. The van der Waals surface area contributed by atoms with E-state index in [0.29, 0.717) is 81.6 Å². The number of carbonyl (C=O) groups is 13. The number of amides is 12. The molecule has 1 aromatic rings. The number of nitrogens with two attached hydrogens (primary N) is 1. The van der Waals surface area contributed by atoms with Crippen LogP contribution in [0.5, 0.6) is 0 Å². The number of aliphatic carboxylic acids is 1. The summed E-state index contributed by atoms with van der Waals surface area (Å²) < 4.78 is 0. The number of likely N-dealkylation sites (tertiary alicyclic amines) is 2. The van der Waals surface area contributed by atoms with E-state index in [9.17, 15) is 58.2 Å². The minimum atomic E-state index is -1.49. The quantitative estimate of drug-likeness (QED) is 0.0445. The van der Waals surface area contributed by atoms with Crippen LogP contribution in [0.15, 0.2) is 24.3 Å². The normalized spacial score (nSPS) is 17.1. The predicted octanol–water partition coefficient (Wildman–Crippen LogP) is 4.43. The Morgan fingerprint density at radius 1 is 0.558 bits per heavy atom. The number of halogens is 1. The summed E-state index contributed by atoms with van der Waals surface area (Å²) in [5.74, 6) is -10.1. The molecule has 2 heterocycles. The number of hydrogen-bond acceptors (Lipinski definition) is 15. The fraction of sp³-hybridized carbons (Fsp3) is 0.747. The largest absolute Gasteiger partial charge is 0.480 e. The molecule has 0 radical (unpaired) electrons. The van der Waals surface area contributed by atoms with Gasteiger partial charge in [0.2, 0.25) is 70.9 Å². The topological polar surface area (TPSA) is 362 Å². The molecule has 0 aromatic heterocycles. The summed E-state index contributed by atoms with van der Waals surface area (Å²) in [5.41, 5.74) is 6.43. The van der Waals surface area contributed by atoms with E-state index in [2.05, 4.69) is 21.3 Å². The fourth-order valence-electron chi connectivity index (χ4n) is 13.5. The molecule has 0 aliphatic carbocycles. The van der Waals surface area contributed by atoms with Crippen LogP contribution in [0.25, 0.3) is 0 Å². The number of nitrogens with zero attached hydrogens (tertiary/aromatic N) is 8. The molecular weight excluding hydrogens is 1360 g/mol. The minimum absolute atomic E-state index is 0.0672. The molecule has 28 nitrogen and oxygen atoms in total. The Morgan fingerprint density at radius 2 is 1.04 bits per heavy atom. The second kappa shape index (κ2) is 43.9. The molecule has 8 N–H and O–H groups in total. The highest BCUT2D eigenvalue weighted by molar-refractivity contribution is 6.30. The number of nitrogens with one attached hydrogen (secondary N) is 4. The van der Waals surface area contributed by atoms with Gasteiger partial charge in [0.05, 0.1) is 6.42 Å². The van der Waals surface area contributed by atoms with Gasteiger partial charge in [-0.15, -0.1) is 0 Å². The Balaban J connectivity index is 1.99. The number of unbranched alkanes of at least 4 members (excludes halogenated alkanes) is 1. The van der Waals surface area contributed by atoms with Gasteiger partial charge in [0.15, 0.2) is 0 Å². The molecule has 2 aliphatic rings. The molecule has 104 heavy (non-hydrogen) atoms. The highest BCUT2D eigenvalue weighted by Gasteiger charge is 2.44. The molecule has 2 fully saturated rings. The van der Waals surface area contributed by atoms with Crippen molar-refractivity contribution in [1.29, 1.82) is 0 Å². The maximum Gasteiger partial charge on any atom is 0.326 e. The van der Waals surface area contributed by atoms with Gasteiger partial charge in [-0.2, -0.15) is 0 Å². The summed E-state index contributed by atoms with van der Waals surface area (Å²) >= 11 is 6.37. The Bertz CT molecular complexity index is 3060. The fourth-order valence-corrected chi connectivity index (χ4v) is 13.7. The van der Waals surface area contributed by atoms with Gasteiger partial charge in [-0.05, 0) is 144 Å². The van der Waals surface area contributed by atoms with Crippen LogP contribution in [0.2, 0.25) is 5.02 Å². The van der Waals surface area contributed by atoms with Crippen LogP contribution in [-0.2, 0) is 68.7 Å². The van der Waals surface area contributed by atoms with Crippen molar-refractivity contribution < 1.29 is 72.5 Å². The van der Waals surface area contributed by atoms with E-state index in [4.69, 9.17) is 17.3 Å². The van der Waals surface area contributed by atoms with E-state index in [1.54, 1.807) is 43.0 Å². The zero-order chi connectivity index (χ0) is 78.7. The number of carbonyl (C=O) groups excluding carboxylic acids is 12. The molecule has 0 spiro atoms. The Labute approximate surface area is 622 Å². The Kier molecular flexibility index (Phi) is 38.3. The number of aliphatic hydroxyl groups is 1. The van der Waals surface area contributed by atoms with Crippen molar-refractivity contribution in [2.75, 3.05) is 75.1 Å². The lowest BCUT2D eigenvalue weighted by Crippen LogP contribution is -2.61. The molecule has 6 unspecified atom stereocenters. The monoisotopic (exact) mass is 1480 g/mol. The molecular formula is C75H126ClN13O15. The third-order valence-electron chi connectivity index (χ3n) is 20.2. The van der Waals surface area contributed by atoms with E-state index >= 15 is 14.4 Å². The Hall–Kier alpha value is -7.46. The van der Waals surface area contributed by atoms with E-state index in [1.807, 2.05) is 62.3 Å². The lowest BCUT2D eigenvalue weighted by molar-refractivity contribution is -0.151. The molecule has 2 saturated heterocycles. The van der Waals surface area contributed by atoms with Crippen LogP contribution in [0.1, 0.15) is 191 Å². The number of carboxylic acid groups (broad SMARTS) is 1. The first-order valence-electron chi connectivity index (χ1n) is 37.5. The first kappa shape index (κ1) is 90.8. The van der Waals surface area contributed by atoms with Crippen LogP contribution in [0.4, 0.5) is 0 Å². The maximum absolute atomic E-state index is 15.3. The minimum Gasteiger partial charge on any atom is -0.480 e. The number of benzene rings is 1. The van der Waals surface area contributed by atoms with Gasteiger partial charge in [0.25, 0.3) is 0 Å². The number of aliphatic hydroxyl groups excluding tert-OH is 1. The first-order valence-corrected chi connectivity index (χ1v) is 37.8. The standard InChI is InChI=1S/C75H126ClN13O15/c1-19-28-53(78-65(93)50(12)82(13)69(97)54(31-22-23-33-77)79-66(94)57(37-45(3)4)84(15)72(100)56-32-27-36-89(56)63(92)44-90)70(98)87(18)61(40-48(9)10)74(102)85(16)58(38-46(5)6)67(95)80-55(71(99)88-34-24-21-25-35-88)43-62(91)83(14)60(39-47(7)8)73(101)86(17)59(42-51-29-26-30-52(76)41-51)68(96)81-64(75(103)104)49(11)20-2/h26,29-30,41,45-50,53-61,64,90H,19-25,27-28,31-40,42-44,77H2,1-18H3,(H,78,93)(H,79,94)(H,80,95)(H,81,96)(H,103,104)/t49-,50?,53?,54-,55-,56?,57-,58?,59?,60-,61?,64-/m0/s1. The maximum atomic E-state index is 15.3. The average Bonchev–Trinajstić information content (AvgIpc) is 1.05. The van der Waals surface area contributed by atoms with Gasteiger partial charge >= 0.3 is 5.97 Å². The van der Waals surface area contributed by atoms with Gasteiger partial charge in [0.1, 0.15) is 73.1 Å². The first-order chi connectivity index (χ1) is 48.8. The molecule has 2 aliphatic heterocycles. The van der Waals surface area contributed by atoms with E-state index < -0.39 is 162 Å². The summed E-state index contributed by atoms with van der Waals surface area (Å²) in [4.78, 5) is 197. The van der Waals surface area contributed by atoms with Crippen LogP contribution >= 0.6 is 11.6 Å². The molecule has 0 bridgehead atoms. The molecule has 29 heteroatoms. The van der Waals surface area contributed by atoms with Gasteiger partial charge in [-0.25, -0.2) is 4.79 Å². The SMILES string of the molecule is CCCC(NC(=O)C(C)N(C)C(=O)[C@H](CCCCN)NC(=O)[C@H](CC(C)C)N(C)C(=O)C1CCCN1C(=O)CO)C(=O)N(C)C(CC(C)C)C(=O)N(C)C(CC(C)C)C(=O)N[C@@H](CC(=O)N(C)[C@@H](CC(C)C)C(=O)N(C)C(Cc1cccc(Cl)c1)C(=O)N[C@H](C(=O)O)[C@@H](C)CC)C(=O)N1CCCCC1. The third-order valence-corrected chi connectivity index (χ3v) is 20.4. The van der Waals surface area contributed by atoms with Crippen molar-refractivity contribution in [1.82, 2.24) is 60.5 Å². The number of likely N-dealkylation sites (N-methyl/N-ethyl adjacent to an activating group) is 6. The number of hydrogen-bond donors (Lipinski definition) is 7. The highest BCUT2D eigenvalue weighted by Crippen LogP contribution is 2.26. The van der Waals surface area contributed by atoms with Gasteiger partial charge in [-0.3, -0.25) is 57.5 Å². The second-order valence-electron chi connectivity index (χ2n) is 30.3. The van der Waals surface area contributed by atoms with Crippen molar-refractivity contribution in [3.8, 4) is 0 Å². The zero-order valence-electron chi connectivity index (χ0n) is 65.3. The lowest BCUT2D eigenvalue weighted by Gasteiger charge is -2.38. The third kappa shape index (κ3) is 26.5. The van der Waals surface area contributed by atoms with E-state index in [1.165, 1.54) is 83.5 Å². The summed E-state index contributed by atoms with van der Waals surface area (Å²) in [7, 11) is 8.58. The smallest absolute Gasteiger partial charge is 0.326 e. The molecule has 12 atom stereocenters. The van der Waals surface area contributed by atoms with Crippen molar-refractivity contribution in [2.45, 2.75) is 259 Å². The van der Waals surface area contributed by atoms with Crippen LogP contribution < -0.4 is 27.0 Å². The predicted molar refractivity (Wildman–Crippen MR) is 397 cm³/mol. The van der Waals surface area contributed by atoms with Gasteiger partial charge < -0.3 is 76.4 Å². The summed E-state index contributed by atoms with van der Waals surface area (Å²) in [6, 6.07) is -6.59. The zero-order valence-corrected chi connectivity index (χ0v) is 66.1. The molecule has 588 valence electrons.